The molecule has 0 aromatic rings. The number of likely N-dealkylation sites (tertiary alicyclic amines) is 1. The van der Waals surface area contributed by atoms with Crippen LogP contribution in [-0.4, -0.2) is 40.8 Å². The van der Waals surface area contributed by atoms with Gasteiger partial charge in [-0.25, -0.2) is 9.59 Å². The first-order chi connectivity index (χ1) is 14.7. The summed E-state index contributed by atoms with van der Waals surface area (Å²) in [5.41, 5.74) is 0.317. The van der Waals surface area contributed by atoms with Crippen LogP contribution in [0.15, 0.2) is 11.6 Å². The van der Waals surface area contributed by atoms with Gasteiger partial charge in [0.05, 0.1) is 6.04 Å². The van der Waals surface area contributed by atoms with E-state index in [1.165, 1.54) is 12.8 Å². The van der Waals surface area contributed by atoms with Crippen molar-refractivity contribution in [3.63, 3.8) is 0 Å². The van der Waals surface area contributed by atoms with Gasteiger partial charge in [0.25, 0.3) is 0 Å². The number of cyclic esters (lactones) is 1. The molecule has 7 atom stereocenters. The molecule has 2 aliphatic carbocycles. The lowest BCUT2D eigenvalue weighted by Gasteiger charge is -2.41. The molecular weight excluding hydrogens is 390 g/mol. The second kappa shape index (κ2) is 8.52. The van der Waals surface area contributed by atoms with Gasteiger partial charge >= 0.3 is 12.1 Å². The number of carbonyl (C=O) groups is 2. The molecule has 0 aromatic carbocycles. The van der Waals surface area contributed by atoms with Gasteiger partial charge in [-0.1, -0.05) is 30.8 Å². The molecule has 2 heterocycles. The molecule has 0 radical (unpaired) electrons. The van der Waals surface area contributed by atoms with Crippen molar-refractivity contribution in [1.29, 1.82) is 0 Å². The average Bonchev–Trinajstić information content (AvgIpc) is 2.97. The fraction of sp³-hybridized carbons (Fsp3) is 0.769. The van der Waals surface area contributed by atoms with Crippen molar-refractivity contribution in [2.45, 2.75) is 103 Å². The zero-order chi connectivity index (χ0) is 22.3. The molecule has 5 nitrogen and oxygen atoms in total. The van der Waals surface area contributed by atoms with Crippen LogP contribution in [0, 0.1) is 35.5 Å². The highest BCUT2D eigenvalue weighted by Gasteiger charge is 2.49. The van der Waals surface area contributed by atoms with Gasteiger partial charge in [-0.2, -0.15) is 0 Å². The number of rotatable bonds is 0. The number of esters is 1. The molecule has 2 aliphatic heterocycles. The number of ether oxygens (including phenoxy) is 2. The van der Waals surface area contributed by atoms with Crippen molar-refractivity contribution in [2.75, 3.05) is 0 Å². The number of carbonyl (C=O) groups excluding carboxylic acids is 2. The summed E-state index contributed by atoms with van der Waals surface area (Å²) >= 11 is 0. The van der Waals surface area contributed by atoms with E-state index in [9.17, 15) is 9.59 Å². The molecule has 31 heavy (non-hydrogen) atoms. The van der Waals surface area contributed by atoms with Crippen LogP contribution in [0.2, 0.25) is 0 Å². The molecule has 1 saturated carbocycles. The van der Waals surface area contributed by atoms with E-state index in [0.717, 1.165) is 37.7 Å². The van der Waals surface area contributed by atoms with E-state index in [4.69, 9.17) is 9.47 Å². The molecule has 5 heteroatoms. The quantitative estimate of drug-likeness (QED) is 0.399. The number of hydrogen-bond donors (Lipinski definition) is 0. The first kappa shape index (κ1) is 22.2. The second-order valence-electron chi connectivity index (χ2n) is 10.9. The zero-order valence-corrected chi connectivity index (χ0v) is 19.6. The van der Waals surface area contributed by atoms with E-state index in [0.29, 0.717) is 11.8 Å². The topological polar surface area (TPSA) is 55.8 Å². The van der Waals surface area contributed by atoms with E-state index < -0.39 is 5.60 Å². The van der Waals surface area contributed by atoms with E-state index in [1.807, 2.05) is 32.6 Å². The summed E-state index contributed by atoms with van der Waals surface area (Å²) in [5, 5.41) is 0. The number of fused-ring (bicyclic) bond motifs is 2. The second-order valence-corrected chi connectivity index (χ2v) is 10.9. The van der Waals surface area contributed by atoms with Crippen molar-refractivity contribution in [2.24, 2.45) is 23.7 Å². The maximum absolute atomic E-state index is 13.0. The van der Waals surface area contributed by atoms with Crippen LogP contribution in [0.5, 0.6) is 0 Å². The molecule has 1 amide bonds. The van der Waals surface area contributed by atoms with Crippen LogP contribution in [0.3, 0.4) is 0 Å². The lowest BCUT2D eigenvalue weighted by Crippen LogP contribution is -2.50. The highest BCUT2D eigenvalue weighted by Crippen LogP contribution is 2.49. The Bertz CT molecular complexity index is 813. The minimum Gasteiger partial charge on any atom is -0.459 e. The minimum atomic E-state index is -0.526. The monoisotopic (exact) mass is 427 g/mol. The van der Waals surface area contributed by atoms with Gasteiger partial charge < -0.3 is 9.47 Å². The van der Waals surface area contributed by atoms with Crippen LogP contribution < -0.4 is 0 Å². The Morgan fingerprint density at radius 1 is 1.10 bits per heavy atom. The van der Waals surface area contributed by atoms with Crippen LogP contribution in [-0.2, 0) is 14.3 Å². The summed E-state index contributed by atoms with van der Waals surface area (Å²) < 4.78 is 11.3. The summed E-state index contributed by atoms with van der Waals surface area (Å²) in [6.07, 6.45) is 9.43. The molecule has 0 N–H and O–H groups in total. The number of hydrogen-bond acceptors (Lipinski definition) is 4. The Labute approximate surface area is 186 Å². The smallest absolute Gasteiger partial charge is 0.411 e. The molecule has 3 fully saturated rings. The first-order valence-electron chi connectivity index (χ1n) is 12.1. The SMILES string of the molecule is C[C@@H]1OC(=O)C2=CC3CCCCC3C(C#C[C@H]3CCC[C@H](C)N3C(=O)OC(C)(C)C)C21. The van der Waals surface area contributed by atoms with E-state index in [2.05, 4.69) is 24.8 Å². The third kappa shape index (κ3) is 4.49. The highest BCUT2D eigenvalue weighted by atomic mass is 16.6. The van der Waals surface area contributed by atoms with Crippen molar-refractivity contribution in [3.8, 4) is 11.8 Å². The largest absolute Gasteiger partial charge is 0.459 e. The number of allylic oxidation sites excluding steroid dienone is 1. The van der Waals surface area contributed by atoms with Crippen molar-refractivity contribution >= 4 is 12.1 Å². The summed E-state index contributed by atoms with van der Waals surface area (Å²) in [7, 11) is 0. The molecule has 0 bridgehead atoms. The molecule has 4 unspecified atom stereocenters. The number of amides is 1. The average molecular weight is 428 g/mol. The van der Waals surface area contributed by atoms with Gasteiger partial charge in [0.1, 0.15) is 11.7 Å². The van der Waals surface area contributed by atoms with Gasteiger partial charge in [0.2, 0.25) is 0 Å². The lowest BCUT2D eigenvalue weighted by molar-refractivity contribution is -0.138. The Kier molecular flexibility index (Phi) is 6.12. The Hall–Kier alpha value is -1.96. The Morgan fingerprint density at radius 2 is 1.84 bits per heavy atom. The molecule has 2 saturated heterocycles. The third-order valence-corrected chi connectivity index (χ3v) is 7.44. The predicted octanol–water partition coefficient (Wildman–Crippen LogP) is 5.09. The van der Waals surface area contributed by atoms with E-state index >= 15 is 0 Å². The summed E-state index contributed by atoms with van der Waals surface area (Å²) in [5.74, 6) is 8.01. The molecule has 4 aliphatic rings. The molecule has 170 valence electrons. The maximum atomic E-state index is 13.0. The van der Waals surface area contributed by atoms with Crippen LogP contribution >= 0.6 is 0 Å². The van der Waals surface area contributed by atoms with Crippen LogP contribution in [0.4, 0.5) is 4.79 Å². The maximum Gasteiger partial charge on any atom is 0.411 e. The number of nitrogens with zero attached hydrogens (tertiary/aromatic N) is 1. The molecule has 4 rings (SSSR count). The zero-order valence-electron chi connectivity index (χ0n) is 19.6. The van der Waals surface area contributed by atoms with E-state index in [1.54, 1.807) is 0 Å². The lowest BCUT2D eigenvalue weighted by atomic mass is 9.62. The first-order valence-corrected chi connectivity index (χ1v) is 12.1. The van der Waals surface area contributed by atoms with Gasteiger partial charge in [-0.15, -0.1) is 0 Å². The summed E-state index contributed by atoms with van der Waals surface area (Å²) in [6, 6.07) is -0.0224. The van der Waals surface area contributed by atoms with Gasteiger partial charge in [-0.05, 0) is 78.6 Å². The van der Waals surface area contributed by atoms with Crippen molar-refractivity contribution < 1.29 is 19.1 Å². The fourth-order valence-corrected chi connectivity index (χ4v) is 6.05. The van der Waals surface area contributed by atoms with Crippen LogP contribution in [0.1, 0.15) is 79.6 Å². The summed E-state index contributed by atoms with van der Waals surface area (Å²) in [4.78, 5) is 27.3. The van der Waals surface area contributed by atoms with Crippen molar-refractivity contribution in [1.82, 2.24) is 4.90 Å². The predicted molar refractivity (Wildman–Crippen MR) is 119 cm³/mol. The van der Waals surface area contributed by atoms with Gasteiger partial charge in [-0.3, -0.25) is 4.90 Å². The van der Waals surface area contributed by atoms with Crippen molar-refractivity contribution in [3.05, 3.63) is 11.6 Å². The standard InChI is InChI=1S/C26H37NO4/c1-16-9-8-11-19(27(16)25(29)31-26(3,4)5)13-14-21-20-12-7-6-10-18(20)15-22-23(21)17(2)30-24(22)28/h15-21,23H,6-12H2,1-5H3/t16-,17-,18?,19+,20?,21?,23?/m0/s1. The molecular formula is C26H37NO4. The minimum absolute atomic E-state index is 0.0512. The third-order valence-electron chi connectivity index (χ3n) is 7.44. The van der Waals surface area contributed by atoms with Gasteiger partial charge in [0, 0.05) is 23.5 Å². The van der Waals surface area contributed by atoms with E-state index in [-0.39, 0.29) is 42.1 Å². The molecule has 0 spiro atoms. The number of piperidine rings is 1. The van der Waals surface area contributed by atoms with Gasteiger partial charge in [0.15, 0.2) is 0 Å². The van der Waals surface area contributed by atoms with Crippen LogP contribution in [0.25, 0.3) is 0 Å². The normalized spacial score (nSPS) is 37.6. The highest BCUT2D eigenvalue weighted by molar-refractivity contribution is 5.92. The fourth-order valence-electron chi connectivity index (χ4n) is 6.05. The Morgan fingerprint density at radius 3 is 2.58 bits per heavy atom. The molecule has 0 aromatic heterocycles. The summed E-state index contributed by atoms with van der Waals surface area (Å²) in [6.45, 7) is 9.78. The Balaban J connectivity index is 1.62.